The summed E-state index contributed by atoms with van der Waals surface area (Å²) in [6, 6.07) is 6.87. The highest BCUT2D eigenvalue weighted by Gasteiger charge is 2.22. The third kappa shape index (κ3) is 6.72. The van der Waals surface area contributed by atoms with E-state index in [2.05, 4.69) is 6.92 Å². The molecule has 5 nitrogen and oxygen atoms in total. The average molecular weight is 322 g/mol. The van der Waals surface area contributed by atoms with Crippen LogP contribution in [-0.4, -0.2) is 23.8 Å². The molecule has 0 aliphatic carbocycles. The van der Waals surface area contributed by atoms with Gasteiger partial charge in [0.05, 0.1) is 12.2 Å². The molecule has 0 saturated carbocycles. The summed E-state index contributed by atoms with van der Waals surface area (Å²) in [5, 5.41) is 8.98. The summed E-state index contributed by atoms with van der Waals surface area (Å²) >= 11 is 0. The van der Waals surface area contributed by atoms with E-state index >= 15 is 0 Å². The molecular weight excluding hydrogens is 296 g/mol. The highest BCUT2D eigenvalue weighted by molar-refractivity contribution is 5.91. The van der Waals surface area contributed by atoms with Crippen LogP contribution in [0.4, 0.5) is 4.79 Å². The first-order valence-corrected chi connectivity index (χ1v) is 8.25. The maximum atomic E-state index is 12.0. The van der Waals surface area contributed by atoms with Crippen molar-refractivity contribution < 1.29 is 24.2 Å². The number of rotatable bonds is 10. The second kappa shape index (κ2) is 10.6. The number of carbonyl (C=O) groups excluding carboxylic acids is 1. The molecule has 0 radical (unpaired) electrons. The zero-order valence-corrected chi connectivity index (χ0v) is 13.9. The van der Waals surface area contributed by atoms with Gasteiger partial charge in [0.2, 0.25) is 0 Å². The van der Waals surface area contributed by atoms with Gasteiger partial charge in [0.1, 0.15) is 6.10 Å². The number of hydrogen-bond acceptors (Lipinski definition) is 4. The monoisotopic (exact) mass is 322 g/mol. The summed E-state index contributed by atoms with van der Waals surface area (Å²) < 4.78 is 10.1. The van der Waals surface area contributed by atoms with E-state index in [1.807, 2.05) is 0 Å². The largest absolute Gasteiger partial charge is 0.506 e. The molecule has 0 aliphatic heterocycles. The topological polar surface area (TPSA) is 72.8 Å². The molecule has 23 heavy (non-hydrogen) atoms. The van der Waals surface area contributed by atoms with Gasteiger partial charge in [0.25, 0.3) is 0 Å². The van der Waals surface area contributed by atoms with Gasteiger partial charge in [0, 0.05) is 5.56 Å². The zero-order chi connectivity index (χ0) is 17.1. The van der Waals surface area contributed by atoms with Crippen LogP contribution in [0.25, 0.3) is 0 Å². The third-order valence-corrected chi connectivity index (χ3v) is 3.62. The first-order chi connectivity index (χ1) is 11.1. The summed E-state index contributed by atoms with van der Waals surface area (Å²) in [6.45, 7) is 4.15. The van der Waals surface area contributed by atoms with E-state index in [4.69, 9.17) is 14.6 Å². The highest BCUT2D eigenvalue weighted by Crippen LogP contribution is 2.28. The van der Waals surface area contributed by atoms with Crippen molar-refractivity contribution in [1.82, 2.24) is 0 Å². The molecule has 0 bridgehead atoms. The van der Waals surface area contributed by atoms with Crippen molar-refractivity contribution in [2.45, 2.75) is 58.5 Å². The molecule has 0 saturated heterocycles. The van der Waals surface area contributed by atoms with Crippen molar-refractivity contribution in [1.29, 1.82) is 0 Å². The van der Waals surface area contributed by atoms with E-state index in [9.17, 15) is 9.59 Å². The molecule has 0 aromatic heterocycles. The molecule has 1 aromatic rings. The van der Waals surface area contributed by atoms with Gasteiger partial charge >= 0.3 is 12.1 Å². The van der Waals surface area contributed by atoms with Crippen LogP contribution in [0.2, 0.25) is 0 Å². The SMILES string of the molecule is CCCCCCCC(OC(=O)O)c1ccccc1C(=O)OCC. The Kier molecular flexibility index (Phi) is 8.80. The number of carbonyl (C=O) groups is 2. The Morgan fingerprint density at radius 1 is 1.09 bits per heavy atom. The molecule has 0 heterocycles. The Labute approximate surface area is 137 Å². The van der Waals surface area contributed by atoms with Crippen LogP contribution in [0.1, 0.15) is 74.4 Å². The Morgan fingerprint density at radius 2 is 1.78 bits per heavy atom. The predicted molar refractivity (Wildman–Crippen MR) is 87.6 cm³/mol. The zero-order valence-electron chi connectivity index (χ0n) is 13.9. The number of ether oxygens (including phenoxy) is 2. The normalized spacial score (nSPS) is 11.7. The minimum absolute atomic E-state index is 0.272. The maximum Gasteiger partial charge on any atom is 0.506 e. The van der Waals surface area contributed by atoms with Crippen LogP contribution >= 0.6 is 0 Å². The second-order valence-corrected chi connectivity index (χ2v) is 5.38. The van der Waals surface area contributed by atoms with Crippen LogP contribution < -0.4 is 0 Å². The lowest BCUT2D eigenvalue weighted by Crippen LogP contribution is -2.15. The Morgan fingerprint density at radius 3 is 2.43 bits per heavy atom. The number of unbranched alkanes of at least 4 members (excludes halogenated alkanes) is 4. The van der Waals surface area contributed by atoms with Gasteiger partial charge < -0.3 is 14.6 Å². The van der Waals surface area contributed by atoms with Crippen molar-refractivity contribution in [3.05, 3.63) is 35.4 Å². The summed E-state index contributed by atoms with van der Waals surface area (Å²) in [5.74, 6) is -0.451. The smallest absolute Gasteiger partial charge is 0.462 e. The molecule has 0 amide bonds. The number of carboxylic acid groups (broad SMARTS) is 1. The summed E-state index contributed by atoms with van der Waals surface area (Å²) in [6.07, 6.45) is 3.91. The van der Waals surface area contributed by atoms with Crippen LogP contribution in [0.5, 0.6) is 0 Å². The Hall–Kier alpha value is -2.04. The first kappa shape index (κ1) is 19.0. The van der Waals surface area contributed by atoms with Crippen LogP contribution in [0.15, 0.2) is 24.3 Å². The van der Waals surface area contributed by atoms with E-state index in [1.54, 1.807) is 31.2 Å². The van der Waals surface area contributed by atoms with Crippen molar-refractivity contribution in [3.63, 3.8) is 0 Å². The van der Waals surface area contributed by atoms with Gasteiger partial charge in [0.15, 0.2) is 0 Å². The fourth-order valence-corrected chi connectivity index (χ4v) is 2.51. The predicted octanol–water partition coefficient (Wildman–Crippen LogP) is 4.96. The van der Waals surface area contributed by atoms with Gasteiger partial charge in [-0.05, 0) is 25.8 Å². The van der Waals surface area contributed by atoms with Crippen LogP contribution in [0.3, 0.4) is 0 Å². The van der Waals surface area contributed by atoms with Crippen LogP contribution in [0, 0.1) is 0 Å². The minimum Gasteiger partial charge on any atom is -0.462 e. The standard InChI is InChI=1S/C18H26O5/c1-3-5-6-7-8-13-16(23-18(20)21)14-11-9-10-12-15(14)17(19)22-4-2/h9-12,16H,3-8,13H2,1-2H3,(H,20,21). The summed E-state index contributed by atoms with van der Waals surface area (Å²) in [4.78, 5) is 23.0. The molecule has 1 unspecified atom stereocenters. The van der Waals surface area contributed by atoms with Gasteiger partial charge in [-0.2, -0.15) is 0 Å². The Balaban J connectivity index is 2.85. The molecule has 128 valence electrons. The average Bonchev–Trinajstić information content (AvgIpc) is 2.53. The number of esters is 1. The van der Waals surface area contributed by atoms with Crippen LogP contribution in [-0.2, 0) is 9.47 Å². The molecule has 1 atom stereocenters. The van der Waals surface area contributed by atoms with E-state index in [1.165, 1.54) is 6.42 Å². The fraction of sp³-hybridized carbons (Fsp3) is 0.556. The molecule has 0 fully saturated rings. The third-order valence-electron chi connectivity index (χ3n) is 3.62. The van der Waals surface area contributed by atoms with E-state index in [0.29, 0.717) is 17.5 Å². The van der Waals surface area contributed by atoms with E-state index in [0.717, 1.165) is 25.7 Å². The summed E-state index contributed by atoms with van der Waals surface area (Å²) in [5.41, 5.74) is 0.943. The molecular formula is C18H26O5. The number of benzene rings is 1. The summed E-state index contributed by atoms with van der Waals surface area (Å²) in [7, 11) is 0. The molecule has 1 N–H and O–H groups in total. The number of hydrogen-bond donors (Lipinski definition) is 1. The highest BCUT2D eigenvalue weighted by atomic mass is 16.7. The lowest BCUT2D eigenvalue weighted by molar-refractivity contribution is 0.0417. The van der Waals surface area contributed by atoms with Crippen molar-refractivity contribution in [2.24, 2.45) is 0 Å². The molecule has 1 rings (SSSR count). The van der Waals surface area contributed by atoms with Crippen molar-refractivity contribution in [3.8, 4) is 0 Å². The molecule has 0 spiro atoms. The van der Waals surface area contributed by atoms with Gasteiger partial charge in [-0.15, -0.1) is 0 Å². The van der Waals surface area contributed by atoms with Gasteiger partial charge in [-0.1, -0.05) is 50.8 Å². The second-order valence-electron chi connectivity index (χ2n) is 5.38. The maximum absolute atomic E-state index is 12.0. The molecule has 1 aromatic carbocycles. The van der Waals surface area contributed by atoms with Crippen molar-refractivity contribution in [2.75, 3.05) is 6.61 Å². The first-order valence-electron chi connectivity index (χ1n) is 8.25. The van der Waals surface area contributed by atoms with E-state index in [-0.39, 0.29) is 6.61 Å². The minimum atomic E-state index is -1.33. The molecule has 0 aliphatic rings. The molecule has 5 heteroatoms. The van der Waals surface area contributed by atoms with E-state index < -0.39 is 18.2 Å². The quantitative estimate of drug-likeness (QED) is 0.487. The Bertz CT molecular complexity index is 498. The lowest BCUT2D eigenvalue weighted by Gasteiger charge is -2.19. The van der Waals surface area contributed by atoms with Gasteiger partial charge in [-0.25, -0.2) is 9.59 Å². The van der Waals surface area contributed by atoms with Crippen molar-refractivity contribution >= 4 is 12.1 Å². The lowest BCUT2D eigenvalue weighted by atomic mass is 9.97. The fourth-order valence-electron chi connectivity index (χ4n) is 2.51. The van der Waals surface area contributed by atoms with Gasteiger partial charge in [-0.3, -0.25) is 0 Å².